The highest BCUT2D eigenvalue weighted by Gasteiger charge is 2.25. The number of nitrogens with zero attached hydrogens (tertiary/aromatic N) is 1. The molecule has 0 saturated heterocycles. The van der Waals surface area contributed by atoms with Crippen molar-refractivity contribution in [3.8, 4) is 0 Å². The molecule has 0 saturated carbocycles. The fourth-order valence-electron chi connectivity index (χ4n) is 1.61. The zero-order chi connectivity index (χ0) is 14.7. The lowest BCUT2D eigenvalue weighted by Gasteiger charge is -2.18. The first-order chi connectivity index (χ1) is 9.54. The fourth-order valence-corrected chi connectivity index (χ4v) is 1.61. The van der Waals surface area contributed by atoms with Gasteiger partial charge in [-0.05, 0) is 12.1 Å². The normalized spacial score (nSPS) is 12.1. The number of aromatic nitrogens is 1. The number of primary amides is 1. The van der Waals surface area contributed by atoms with Crippen LogP contribution >= 0.6 is 0 Å². The number of rotatable bonds is 6. The lowest BCUT2D eigenvalue weighted by molar-refractivity contribution is -0.119. The van der Waals surface area contributed by atoms with Crippen LogP contribution in [0.5, 0.6) is 0 Å². The van der Waals surface area contributed by atoms with Crippen molar-refractivity contribution in [2.45, 2.75) is 6.04 Å². The zero-order valence-electron chi connectivity index (χ0n) is 10.3. The highest BCUT2D eigenvalue weighted by atomic mass is 16.3. The second-order valence-corrected chi connectivity index (χ2v) is 4.05. The number of carbonyl (C=O) groups is 1. The van der Waals surface area contributed by atoms with Crippen LogP contribution < -0.4 is 27.2 Å². The number of nitrogens with two attached hydrogens (primary N) is 1. The Morgan fingerprint density at radius 1 is 1.25 bits per heavy atom. The number of amides is 1. The first kappa shape index (κ1) is 13.7. The van der Waals surface area contributed by atoms with Gasteiger partial charge in [-0.25, -0.2) is 0 Å². The lowest BCUT2D eigenvalue weighted by Crippen LogP contribution is -2.44. The summed E-state index contributed by atoms with van der Waals surface area (Å²) in [5, 5.41) is 14.2. The highest BCUT2D eigenvalue weighted by molar-refractivity contribution is 5.87. The van der Waals surface area contributed by atoms with Crippen molar-refractivity contribution in [2.24, 2.45) is 5.73 Å². The number of anilines is 3. The molecule has 8 nitrogen and oxygen atoms in total. The summed E-state index contributed by atoms with van der Waals surface area (Å²) in [6, 6.07) is 2.09. The highest BCUT2D eigenvalue weighted by Crippen LogP contribution is 2.20. The molecule has 0 radical (unpaired) electrons. The quantitative estimate of drug-likeness (QED) is 0.480. The van der Waals surface area contributed by atoms with Gasteiger partial charge in [-0.2, -0.15) is 0 Å². The van der Waals surface area contributed by atoms with Gasteiger partial charge in [0, 0.05) is 18.1 Å². The molecule has 5 N–H and O–H groups in total. The molecule has 0 spiro atoms. The van der Waals surface area contributed by atoms with Gasteiger partial charge >= 0.3 is 0 Å². The molecule has 1 amide bonds. The van der Waals surface area contributed by atoms with E-state index in [0.29, 0.717) is 5.69 Å². The number of hydrogen-bond donors (Lipinski definition) is 4. The first-order valence-electron chi connectivity index (χ1n) is 5.71. The molecular formula is C12H12N4O4. The third kappa shape index (κ3) is 2.50. The topological polar surface area (TPSA) is 134 Å². The van der Waals surface area contributed by atoms with E-state index < -0.39 is 29.4 Å². The molecule has 104 valence electrons. The van der Waals surface area contributed by atoms with Gasteiger partial charge in [0.15, 0.2) is 0 Å². The Hall–Kier alpha value is -2.74. The largest absolute Gasteiger partial charge is 0.394 e. The summed E-state index contributed by atoms with van der Waals surface area (Å²) in [5.41, 5.74) is 4.11. The van der Waals surface area contributed by atoms with Crippen LogP contribution in [0.3, 0.4) is 0 Å². The molecule has 1 aromatic heterocycles. The summed E-state index contributed by atoms with van der Waals surface area (Å²) in [4.78, 5) is 37.8. The Balaban J connectivity index is 2.24. The molecule has 0 aliphatic rings. The number of aliphatic hydroxyl groups excluding tert-OH is 1. The average molecular weight is 276 g/mol. The summed E-state index contributed by atoms with van der Waals surface area (Å²) in [6.07, 6.45) is 3.03. The van der Waals surface area contributed by atoms with E-state index in [1.54, 1.807) is 12.1 Å². The molecule has 0 aliphatic carbocycles. The molecular weight excluding hydrogens is 264 g/mol. The van der Waals surface area contributed by atoms with Crippen molar-refractivity contribution in [3.63, 3.8) is 0 Å². The fraction of sp³-hybridized carbons (Fsp3) is 0.167. The van der Waals surface area contributed by atoms with Gasteiger partial charge in [-0.1, -0.05) is 0 Å². The van der Waals surface area contributed by atoms with Crippen molar-refractivity contribution >= 4 is 23.0 Å². The van der Waals surface area contributed by atoms with Gasteiger partial charge in [-0.3, -0.25) is 19.4 Å². The molecule has 0 fully saturated rings. The van der Waals surface area contributed by atoms with E-state index in [1.165, 1.54) is 12.4 Å². The predicted octanol–water partition coefficient (Wildman–Crippen LogP) is -1.32. The second kappa shape index (κ2) is 5.49. The Morgan fingerprint density at radius 2 is 1.85 bits per heavy atom. The lowest BCUT2D eigenvalue weighted by atomic mass is 10.1. The minimum atomic E-state index is -1.13. The molecule has 1 heterocycles. The van der Waals surface area contributed by atoms with Crippen molar-refractivity contribution in [1.82, 2.24) is 4.98 Å². The minimum Gasteiger partial charge on any atom is -0.394 e. The molecule has 8 heteroatoms. The number of carbonyl (C=O) groups excluding carboxylic acids is 1. The SMILES string of the molecule is NC(=O)[C@H](CO)Nc1c(Nc2ccncc2)c(=O)c1=O. The summed E-state index contributed by atoms with van der Waals surface area (Å²) in [5.74, 6) is -0.824. The van der Waals surface area contributed by atoms with Crippen LogP contribution in [0.2, 0.25) is 0 Å². The van der Waals surface area contributed by atoms with E-state index in [0.717, 1.165) is 0 Å². The van der Waals surface area contributed by atoms with E-state index >= 15 is 0 Å². The third-order valence-corrected chi connectivity index (χ3v) is 2.70. The van der Waals surface area contributed by atoms with Gasteiger partial charge in [0.05, 0.1) is 6.61 Å². The van der Waals surface area contributed by atoms with E-state index in [2.05, 4.69) is 15.6 Å². The van der Waals surface area contributed by atoms with Crippen LogP contribution in [0.4, 0.5) is 17.1 Å². The Bertz CT molecular complexity index is 691. The van der Waals surface area contributed by atoms with Gasteiger partial charge in [0.25, 0.3) is 10.9 Å². The summed E-state index contributed by atoms with van der Waals surface area (Å²) >= 11 is 0. The summed E-state index contributed by atoms with van der Waals surface area (Å²) in [6.45, 7) is -0.581. The van der Waals surface area contributed by atoms with Crippen LogP contribution in [0.15, 0.2) is 34.1 Å². The van der Waals surface area contributed by atoms with Crippen LogP contribution in [-0.4, -0.2) is 28.6 Å². The van der Waals surface area contributed by atoms with E-state index in [4.69, 9.17) is 10.8 Å². The average Bonchev–Trinajstić information content (AvgIpc) is 2.46. The Kier molecular flexibility index (Phi) is 3.76. The third-order valence-electron chi connectivity index (χ3n) is 2.70. The number of hydrogen-bond acceptors (Lipinski definition) is 7. The number of pyridine rings is 1. The monoisotopic (exact) mass is 276 g/mol. The van der Waals surface area contributed by atoms with Gasteiger partial charge in [-0.15, -0.1) is 0 Å². The van der Waals surface area contributed by atoms with Crippen LogP contribution in [0.1, 0.15) is 0 Å². The molecule has 20 heavy (non-hydrogen) atoms. The molecule has 2 rings (SSSR count). The van der Waals surface area contributed by atoms with Gasteiger partial charge in [0.2, 0.25) is 5.91 Å². The van der Waals surface area contributed by atoms with Crippen LogP contribution in [0, 0.1) is 0 Å². The smallest absolute Gasteiger partial charge is 0.253 e. The molecule has 2 aromatic rings. The maximum absolute atomic E-state index is 11.5. The first-order valence-corrected chi connectivity index (χ1v) is 5.71. The van der Waals surface area contributed by atoms with E-state index in [9.17, 15) is 14.4 Å². The van der Waals surface area contributed by atoms with Gasteiger partial charge in [0.1, 0.15) is 17.4 Å². The molecule has 1 aromatic carbocycles. The van der Waals surface area contributed by atoms with E-state index in [1.807, 2.05) is 0 Å². The molecule has 0 aliphatic heterocycles. The summed E-state index contributed by atoms with van der Waals surface area (Å²) < 4.78 is 0. The number of aliphatic hydroxyl groups is 1. The molecule has 0 unspecified atom stereocenters. The molecule has 0 bridgehead atoms. The second-order valence-electron chi connectivity index (χ2n) is 4.05. The van der Waals surface area contributed by atoms with Crippen molar-refractivity contribution < 1.29 is 9.90 Å². The predicted molar refractivity (Wildman–Crippen MR) is 72.6 cm³/mol. The maximum atomic E-state index is 11.5. The standard InChI is InChI=1S/C12H12N4O4/c13-12(20)7(5-17)16-9-8(10(18)11(9)19)15-6-1-3-14-4-2-6/h1-4,7,16-17H,5H2,(H2,13,20)(H,14,15)/t7-/m0/s1. The summed E-state index contributed by atoms with van der Waals surface area (Å²) in [7, 11) is 0. The zero-order valence-corrected chi connectivity index (χ0v) is 10.3. The minimum absolute atomic E-state index is 0.0286. The van der Waals surface area contributed by atoms with Gasteiger partial charge < -0.3 is 21.5 Å². The van der Waals surface area contributed by atoms with E-state index in [-0.39, 0.29) is 11.4 Å². The maximum Gasteiger partial charge on any atom is 0.253 e. The van der Waals surface area contributed by atoms with Crippen LogP contribution in [0.25, 0.3) is 0 Å². The van der Waals surface area contributed by atoms with Crippen LogP contribution in [-0.2, 0) is 4.79 Å². The Labute approximate surface area is 113 Å². The molecule has 1 atom stereocenters. The van der Waals surface area contributed by atoms with Crippen molar-refractivity contribution in [2.75, 3.05) is 17.2 Å². The Morgan fingerprint density at radius 3 is 2.40 bits per heavy atom. The van der Waals surface area contributed by atoms with Crippen molar-refractivity contribution in [3.05, 3.63) is 45.0 Å². The van der Waals surface area contributed by atoms with Crippen molar-refractivity contribution in [1.29, 1.82) is 0 Å². The number of nitrogens with one attached hydrogen (secondary N) is 2.